The molecule has 2 aromatic carbocycles. The first kappa shape index (κ1) is 51.9. The highest BCUT2D eigenvalue weighted by atomic mass is 16.7. The number of carboxylic acid groups (broad SMARTS) is 1. The van der Waals surface area contributed by atoms with E-state index in [1.165, 1.54) is 31.2 Å². The second-order valence-corrected chi connectivity index (χ2v) is 19.1. The lowest BCUT2D eigenvalue weighted by molar-refractivity contribution is -0.384. The van der Waals surface area contributed by atoms with Crippen LogP contribution in [-0.2, 0) is 51.2 Å². The number of fused-ring (bicyclic) bond motifs is 1. The van der Waals surface area contributed by atoms with Gasteiger partial charge in [0, 0.05) is 29.6 Å². The number of nitrogens with one attached hydrogen (secondary N) is 1. The molecule has 2 aliphatic heterocycles. The SMILES string of the molecule is CC1O[C@@H](OC2[C@H](C)CC(C(=O)NCc3cn(Cn4ccc5cc([N+](=O)[O-])ccc54)nn3)C[C@H]2O[C@@H]2O[C@@H](CO)[C@H](O)C(O[C@@H](CC3CCCCC3)C(=O)O)C2OC(=O)c2ccccc2)[C@@H](O)C(O)[C@@H]1O. The molecule has 15 atom stereocenters. The molecule has 6 unspecified atom stereocenters. The van der Waals surface area contributed by atoms with E-state index in [1.807, 2.05) is 4.57 Å². The number of nitro benzene ring substituents is 1. The first-order chi connectivity index (χ1) is 34.1. The molecule has 23 heteroatoms. The second-order valence-electron chi connectivity index (χ2n) is 19.1. The zero-order valence-corrected chi connectivity index (χ0v) is 39.3. The molecule has 4 fully saturated rings. The van der Waals surface area contributed by atoms with E-state index in [9.17, 15) is 55.1 Å². The monoisotopic (exact) mass is 994 g/mol. The normalized spacial score (nSPS) is 32.0. The molecule has 23 nitrogen and oxygen atoms in total. The molecule has 8 rings (SSSR count). The van der Waals surface area contributed by atoms with Crippen LogP contribution in [0.1, 0.15) is 81.3 Å². The fourth-order valence-electron chi connectivity index (χ4n) is 10.2. The number of hydrogen-bond donors (Lipinski definition) is 7. The number of esters is 1. The number of nitro groups is 1. The number of benzene rings is 2. The van der Waals surface area contributed by atoms with Crippen molar-refractivity contribution >= 4 is 34.4 Å². The van der Waals surface area contributed by atoms with E-state index in [4.69, 9.17) is 28.4 Å². The number of amides is 1. The van der Waals surface area contributed by atoms with Crippen molar-refractivity contribution in [3.05, 3.63) is 88.4 Å². The summed E-state index contributed by atoms with van der Waals surface area (Å²) in [5, 5.41) is 88.1. The number of ether oxygens (including phenoxy) is 6. The van der Waals surface area contributed by atoms with Crippen molar-refractivity contribution < 1.29 is 78.4 Å². The molecule has 2 aromatic heterocycles. The number of hydrogen-bond acceptors (Lipinski definition) is 18. The molecule has 0 bridgehead atoms. The van der Waals surface area contributed by atoms with Gasteiger partial charge in [0.05, 0.1) is 53.7 Å². The molecule has 2 saturated carbocycles. The van der Waals surface area contributed by atoms with Gasteiger partial charge in [0.1, 0.15) is 49.0 Å². The van der Waals surface area contributed by atoms with Gasteiger partial charge >= 0.3 is 11.9 Å². The van der Waals surface area contributed by atoms with E-state index in [0.717, 1.165) is 37.6 Å². The molecule has 0 spiro atoms. The molecule has 2 saturated heterocycles. The smallest absolute Gasteiger partial charge is 0.338 e. The maximum absolute atomic E-state index is 14.1. The minimum Gasteiger partial charge on any atom is -0.479 e. The van der Waals surface area contributed by atoms with Crippen LogP contribution in [0, 0.1) is 27.9 Å². The molecule has 4 aliphatic rings. The van der Waals surface area contributed by atoms with Crippen molar-refractivity contribution in [3.8, 4) is 0 Å². The summed E-state index contributed by atoms with van der Waals surface area (Å²) in [6, 6.07) is 14.2. The topological polar surface area (TPSA) is 319 Å². The number of rotatable bonds is 18. The van der Waals surface area contributed by atoms with Gasteiger partial charge in [-0.2, -0.15) is 0 Å². The Hall–Kier alpha value is -5.47. The molecule has 2 aliphatic carbocycles. The standard InChI is InChI=1S/C48H62N6O17/c1-25-17-30(44(60)49-21-31-22-53(51-50-31)24-52-16-15-29-19-32(54(64)65)13-14-33(29)52)20-34(41(25)71-47-40(59)39(58)37(56)26(2)66-47)68-48-43(70-46(63)28-11-7-4-8-12-28)42(38(57)36(23-55)69-48)67-35(45(61)62)18-27-9-5-3-6-10-27/h4,7-8,11-16,19,22,25-27,30,34-43,47-48,55-59H,3,5-6,9-10,17-18,20-21,23-24H2,1-2H3,(H,49,60)(H,61,62)/t25-,26?,30?,34-,35+,36+,37-,38+,39?,40+,41?,42?,43?,47+,48-/m1/s1. The van der Waals surface area contributed by atoms with E-state index in [2.05, 4.69) is 15.6 Å². The molecular weight excluding hydrogens is 933 g/mol. The van der Waals surface area contributed by atoms with Crippen LogP contribution in [0.3, 0.4) is 0 Å². The van der Waals surface area contributed by atoms with Crippen molar-refractivity contribution in [3.63, 3.8) is 0 Å². The van der Waals surface area contributed by atoms with E-state index < -0.39 is 121 Å². The fraction of sp³-hybridized carbons (Fsp3) is 0.604. The number of carboxylic acids is 1. The highest BCUT2D eigenvalue weighted by Crippen LogP contribution is 2.39. The van der Waals surface area contributed by atoms with E-state index >= 15 is 0 Å². The Morgan fingerprint density at radius 3 is 2.38 bits per heavy atom. The predicted octanol–water partition coefficient (Wildman–Crippen LogP) is 2.02. The van der Waals surface area contributed by atoms with Gasteiger partial charge < -0.3 is 68.9 Å². The lowest BCUT2D eigenvalue weighted by Gasteiger charge is -2.48. The zero-order valence-electron chi connectivity index (χ0n) is 39.3. The number of aromatic nitrogens is 4. The van der Waals surface area contributed by atoms with Crippen LogP contribution in [0.2, 0.25) is 0 Å². The maximum Gasteiger partial charge on any atom is 0.338 e. The van der Waals surface area contributed by atoms with Gasteiger partial charge in [-0.1, -0.05) is 62.4 Å². The van der Waals surface area contributed by atoms with Crippen LogP contribution in [-0.4, -0.2) is 159 Å². The third-order valence-corrected chi connectivity index (χ3v) is 14.1. The number of aliphatic hydroxyl groups excluding tert-OH is 5. The molecule has 7 N–H and O–H groups in total. The summed E-state index contributed by atoms with van der Waals surface area (Å²) in [6.45, 7) is 2.66. The summed E-state index contributed by atoms with van der Waals surface area (Å²) < 4.78 is 40.7. The Balaban J connectivity index is 1.04. The third-order valence-electron chi connectivity index (χ3n) is 14.1. The summed E-state index contributed by atoms with van der Waals surface area (Å²) in [7, 11) is 0. The summed E-state index contributed by atoms with van der Waals surface area (Å²) in [4.78, 5) is 51.6. The van der Waals surface area contributed by atoms with Gasteiger partial charge in [-0.15, -0.1) is 5.10 Å². The largest absolute Gasteiger partial charge is 0.479 e. The molecule has 4 heterocycles. The first-order valence-corrected chi connectivity index (χ1v) is 24.1. The Morgan fingerprint density at radius 2 is 1.66 bits per heavy atom. The average molecular weight is 995 g/mol. The Morgan fingerprint density at radius 1 is 0.901 bits per heavy atom. The zero-order chi connectivity index (χ0) is 50.5. The minimum absolute atomic E-state index is 0.0181. The van der Waals surface area contributed by atoms with Gasteiger partial charge in [0.25, 0.3) is 5.69 Å². The molecule has 4 aromatic rings. The first-order valence-electron chi connectivity index (χ1n) is 24.1. The number of non-ortho nitro benzene ring substituents is 1. The average Bonchev–Trinajstić information content (AvgIpc) is 4.00. The van der Waals surface area contributed by atoms with Gasteiger partial charge in [-0.3, -0.25) is 14.9 Å². The Kier molecular flexibility index (Phi) is 16.8. The van der Waals surface area contributed by atoms with Gasteiger partial charge in [-0.25, -0.2) is 14.3 Å². The van der Waals surface area contributed by atoms with Crippen molar-refractivity contribution in [2.45, 2.75) is 158 Å². The molecule has 1 amide bonds. The maximum atomic E-state index is 14.1. The molecular formula is C48H62N6O17. The highest BCUT2D eigenvalue weighted by molar-refractivity contribution is 5.89. The van der Waals surface area contributed by atoms with E-state index in [0.29, 0.717) is 11.1 Å². The van der Waals surface area contributed by atoms with Crippen LogP contribution < -0.4 is 5.32 Å². The Bertz CT molecular complexity index is 2450. The number of aliphatic carboxylic acids is 1. The van der Waals surface area contributed by atoms with Crippen LogP contribution in [0.5, 0.6) is 0 Å². The van der Waals surface area contributed by atoms with Crippen LogP contribution >= 0.6 is 0 Å². The van der Waals surface area contributed by atoms with Crippen molar-refractivity contribution in [2.75, 3.05) is 6.61 Å². The van der Waals surface area contributed by atoms with Crippen molar-refractivity contribution in [1.29, 1.82) is 0 Å². The lowest BCUT2D eigenvalue weighted by Crippen LogP contribution is -2.64. The fourth-order valence-corrected chi connectivity index (χ4v) is 10.2. The van der Waals surface area contributed by atoms with Crippen LogP contribution in [0.4, 0.5) is 5.69 Å². The summed E-state index contributed by atoms with van der Waals surface area (Å²) in [5.74, 6) is -3.93. The second kappa shape index (κ2) is 22.9. The number of aliphatic hydroxyl groups is 5. The Labute approximate surface area is 407 Å². The van der Waals surface area contributed by atoms with E-state index in [1.54, 1.807) is 54.3 Å². The summed E-state index contributed by atoms with van der Waals surface area (Å²) >= 11 is 0. The van der Waals surface area contributed by atoms with Crippen LogP contribution in [0.25, 0.3) is 10.9 Å². The van der Waals surface area contributed by atoms with Crippen molar-refractivity contribution in [2.24, 2.45) is 17.8 Å². The molecule has 71 heavy (non-hydrogen) atoms. The predicted molar refractivity (Wildman–Crippen MR) is 245 cm³/mol. The van der Waals surface area contributed by atoms with Gasteiger partial charge in [0.15, 0.2) is 24.8 Å². The highest BCUT2D eigenvalue weighted by Gasteiger charge is 2.54. The third kappa shape index (κ3) is 12.1. The number of nitrogens with zero attached hydrogens (tertiary/aromatic N) is 5. The van der Waals surface area contributed by atoms with Gasteiger partial charge in [-0.05, 0) is 62.3 Å². The van der Waals surface area contributed by atoms with Crippen molar-refractivity contribution in [1.82, 2.24) is 24.9 Å². The number of carbonyl (C=O) groups excluding carboxylic acids is 2. The van der Waals surface area contributed by atoms with Crippen LogP contribution in [0.15, 0.2) is 67.0 Å². The summed E-state index contributed by atoms with van der Waals surface area (Å²) in [6.07, 6.45) is -11.0. The molecule has 0 radical (unpaired) electrons. The summed E-state index contributed by atoms with van der Waals surface area (Å²) in [5.41, 5.74) is 1.23. The quantitative estimate of drug-likeness (QED) is 0.0426. The number of carbonyl (C=O) groups is 3. The van der Waals surface area contributed by atoms with E-state index in [-0.39, 0.29) is 49.6 Å². The lowest BCUT2D eigenvalue weighted by atomic mass is 9.77. The van der Waals surface area contributed by atoms with Gasteiger partial charge in [0.2, 0.25) is 5.91 Å². The minimum atomic E-state index is -1.72. The molecule has 386 valence electrons.